The van der Waals surface area contributed by atoms with Crippen molar-refractivity contribution >= 4 is 61.7 Å². The van der Waals surface area contributed by atoms with Gasteiger partial charge >= 0.3 is 0 Å². The molecule has 3 heterocycles. The number of pyridine rings is 1. The average molecular weight is 883 g/mol. The zero-order valence-corrected chi connectivity index (χ0v) is 33.5. The van der Waals surface area contributed by atoms with Gasteiger partial charge in [0.25, 0.3) is 0 Å². The van der Waals surface area contributed by atoms with Gasteiger partial charge in [-0.1, -0.05) is 105 Å². The smallest absolute Gasteiger partial charge is 0.188 e. The monoisotopic (exact) mass is 882 g/mol. The van der Waals surface area contributed by atoms with Gasteiger partial charge in [-0.05, 0) is 57.1 Å². The number of fused-ring (bicyclic) bond motifs is 4. The maximum absolute atomic E-state index is 4.98. The Labute approximate surface area is 326 Å². The molecule has 0 radical (unpaired) electrons. The molecule has 0 N–H and O–H groups in total. The molecular weight excluding hydrogens is 844 g/mol. The van der Waals surface area contributed by atoms with Crippen LogP contribution in [-0.4, -0.2) is 26.8 Å². The Bertz CT molecular complexity index is 2700. The first kappa shape index (κ1) is 34.7. The van der Waals surface area contributed by atoms with Crippen LogP contribution in [0.25, 0.3) is 44.3 Å². The molecule has 9 rings (SSSR count). The molecule has 0 spiro atoms. The van der Waals surface area contributed by atoms with Crippen molar-refractivity contribution in [2.45, 2.75) is 26.2 Å². The van der Waals surface area contributed by atoms with Gasteiger partial charge < -0.3 is 4.57 Å². The van der Waals surface area contributed by atoms with Crippen molar-refractivity contribution in [3.63, 3.8) is 0 Å². The van der Waals surface area contributed by atoms with Crippen LogP contribution >= 0.6 is 0 Å². The summed E-state index contributed by atoms with van der Waals surface area (Å²) in [7, 11) is -0.919. The van der Waals surface area contributed by atoms with E-state index < -0.39 is 8.07 Å². The summed E-state index contributed by atoms with van der Waals surface area (Å²) in [4.78, 5) is 4.98. The van der Waals surface area contributed by atoms with E-state index in [2.05, 4.69) is 212 Å². The van der Waals surface area contributed by atoms with E-state index in [9.17, 15) is 0 Å². The Morgan fingerprint density at radius 1 is 0.604 bits per heavy atom. The number of imidazole rings is 1. The van der Waals surface area contributed by atoms with Crippen molar-refractivity contribution in [3.05, 3.63) is 182 Å². The standard InChI is InChI=1S/C47H39N4Si.Pt/c1-47(2,3)34-28-29-48-46(30-34)51-42-23-12-11-22-40(42)41-27-26-39(32-45(41)51)52(36-17-7-5-8-18-36,37-19-9-6-10-20-37)38-21-15-16-35(31-38)50-33-49(4)43-24-13-14-25-44(43)50;/h5-30,33H,1-4H3;/q-1;. The van der Waals surface area contributed by atoms with Gasteiger partial charge in [0.2, 0.25) is 0 Å². The van der Waals surface area contributed by atoms with Gasteiger partial charge in [0.05, 0.1) is 0 Å². The summed E-state index contributed by atoms with van der Waals surface area (Å²) in [6, 6.07) is 63.1. The maximum atomic E-state index is 4.98. The van der Waals surface area contributed by atoms with Gasteiger partial charge in [0, 0.05) is 57.6 Å². The molecule has 9 aromatic rings. The molecule has 6 aromatic carbocycles. The summed E-state index contributed by atoms with van der Waals surface area (Å²) in [6.45, 7) is 6.76. The summed E-state index contributed by atoms with van der Waals surface area (Å²) in [5, 5.41) is 7.26. The van der Waals surface area contributed by atoms with Crippen LogP contribution < -0.4 is 20.7 Å². The van der Waals surface area contributed by atoms with Crippen molar-refractivity contribution in [2.24, 2.45) is 7.05 Å². The molecule has 4 nitrogen and oxygen atoms in total. The van der Waals surface area contributed by atoms with Crippen LogP contribution in [0, 0.1) is 12.1 Å². The van der Waals surface area contributed by atoms with E-state index in [0.29, 0.717) is 0 Å². The minimum atomic E-state index is -3.02. The number of nitrogens with zero attached hydrogens (tertiary/aromatic N) is 4. The van der Waals surface area contributed by atoms with Gasteiger partial charge in [-0.3, -0.25) is 0 Å². The molecule has 262 valence electrons. The Balaban J connectivity index is 0.00000400. The SMILES string of the molecule is Cn1[cH+]n(-c2[c-]c([Si](c3[c-]c4c(cc3)c3ccccc3n4-c3cc(C(C)(C)C)ccn3)(c3ccccc3)c3ccccc3)ccc2)c2ccccc21.[Pt]. The normalized spacial score (nSPS) is 12.0. The van der Waals surface area contributed by atoms with Gasteiger partial charge in [0.15, 0.2) is 17.4 Å². The van der Waals surface area contributed by atoms with Gasteiger partial charge in [-0.25, -0.2) is 14.1 Å². The first-order valence-corrected chi connectivity index (χ1v) is 19.9. The fourth-order valence-electron chi connectivity index (χ4n) is 7.94. The van der Waals surface area contributed by atoms with Crippen LogP contribution in [-0.2, 0) is 33.5 Å². The number of benzene rings is 6. The molecule has 0 bridgehead atoms. The van der Waals surface area contributed by atoms with E-state index in [1.807, 2.05) is 6.20 Å². The molecule has 6 heteroatoms. The van der Waals surface area contributed by atoms with Crippen molar-refractivity contribution in [1.29, 1.82) is 0 Å². The van der Waals surface area contributed by atoms with E-state index in [1.165, 1.54) is 37.2 Å². The second kappa shape index (κ2) is 13.6. The molecule has 0 unspecified atom stereocenters. The number of aryl methyl sites for hydroxylation is 1. The average Bonchev–Trinajstić information content (AvgIpc) is 3.70. The Kier molecular flexibility index (Phi) is 8.88. The maximum Gasteiger partial charge on any atom is 0.188 e. The molecule has 0 amide bonds. The minimum absolute atomic E-state index is 0. The molecular formula is C47H39N4PtSi-. The van der Waals surface area contributed by atoms with E-state index in [4.69, 9.17) is 4.98 Å². The molecule has 53 heavy (non-hydrogen) atoms. The fourth-order valence-corrected chi connectivity index (χ4v) is 12.5. The molecule has 0 saturated heterocycles. The zero-order valence-electron chi connectivity index (χ0n) is 30.2. The van der Waals surface area contributed by atoms with Crippen LogP contribution in [0.5, 0.6) is 0 Å². The Morgan fingerprint density at radius 3 is 1.92 bits per heavy atom. The van der Waals surface area contributed by atoms with E-state index in [0.717, 1.165) is 33.4 Å². The van der Waals surface area contributed by atoms with Crippen molar-refractivity contribution < 1.29 is 21.1 Å². The summed E-state index contributed by atoms with van der Waals surface area (Å²) in [6.07, 6.45) is 4.10. The van der Waals surface area contributed by atoms with Crippen molar-refractivity contribution in [3.8, 4) is 11.5 Å². The van der Waals surface area contributed by atoms with E-state index in [-0.39, 0.29) is 26.5 Å². The molecule has 0 aliphatic heterocycles. The minimum Gasteiger partial charge on any atom is -0.319 e. The van der Waals surface area contributed by atoms with E-state index in [1.54, 1.807) is 0 Å². The number of para-hydroxylation sites is 3. The first-order chi connectivity index (χ1) is 25.3. The number of hydrogen-bond acceptors (Lipinski definition) is 1. The van der Waals surface area contributed by atoms with Crippen LogP contribution in [0.2, 0.25) is 0 Å². The number of hydrogen-bond donors (Lipinski definition) is 0. The van der Waals surface area contributed by atoms with Crippen LogP contribution in [0.4, 0.5) is 0 Å². The van der Waals surface area contributed by atoms with Crippen molar-refractivity contribution in [1.82, 2.24) is 18.7 Å². The summed E-state index contributed by atoms with van der Waals surface area (Å²) in [5.41, 5.74) is 6.71. The van der Waals surface area contributed by atoms with Crippen LogP contribution in [0.15, 0.2) is 164 Å². The Hall–Kier alpha value is -5.35. The fraction of sp³-hybridized carbons (Fsp3) is 0.106. The zero-order chi connectivity index (χ0) is 35.5. The van der Waals surface area contributed by atoms with Gasteiger partial charge in [-0.15, -0.1) is 22.7 Å². The van der Waals surface area contributed by atoms with Crippen LogP contribution in [0.3, 0.4) is 0 Å². The molecule has 0 saturated carbocycles. The molecule has 0 fully saturated rings. The van der Waals surface area contributed by atoms with Crippen molar-refractivity contribution in [2.75, 3.05) is 0 Å². The third kappa shape index (κ3) is 5.71. The largest absolute Gasteiger partial charge is 0.319 e. The summed E-state index contributed by atoms with van der Waals surface area (Å²) >= 11 is 0. The van der Waals surface area contributed by atoms with Crippen LogP contribution in [0.1, 0.15) is 26.3 Å². The molecule has 0 atom stereocenters. The first-order valence-electron chi connectivity index (χ1n) is 17.9. The topological polar surface area (TPSA) is 27.7 Å². The second-order valence-electron chi connectivity index (χ2n) is 14.7. The molecule has 3 aromatic heterocycles. The second-order valence-corrected chi connectivity index (χ2v) is 18.4. The van der Waals surface area contributed by atoms with Gasteiger partial charge in [0.1, 0.15) is 13.9 Å². The summed E-state index contributed by atoms with van der Waals surface area (Å²) in [5.74, 6) is 0.902. The van der Waals surface area contributed by atoms with E-state index >= 15 is 0 Å². The third-order valence-corrected chi connectivity index (χ3v) is 15.1. The number of aromatic nitrogens is 4. The Morgan fingerprint density at radius 2 is 1.23 bits per heavy atom. The predicted octanol–water partition coefficient (Wildman–Crippen LogP) is 8.01. The number of rotatable bonds is 6. The molecule has 0 aliphatic rings. The van der Waals surface area contributed by atoms with Gasteiger partial charge in [-0.2, -0.15) is 35.5 Å². The predicted molar refractivity (Wildman–Crippen MR) is 219 cm³/mol. The summed E-state index contributed by atoms with van der Waals surface area (Å²) < 4.78 is 6.75. The third-order valence-electron chi connectivity index (χ3n) is 10.5. The quantitative estimate of drug-likeness (QED) is 0.0946. The molecule has 0 aliphatic carbocycles.